The number of benzene rings is 1. The third-order valence-corrected chi connectivity index (χ3v) is 4.14. The summed E-state index contributed by atoms with van der Waals surface area (Å²) in [5.41, 5.74) is 0.488. The summed E-state index contributed by atoms with van der Waals surface area (Å²) < 4.78 is 60.4. The van der Waals surface area contributed by atoms with E-state index >= 15 is 0 Å². The molecule has 1 aromatic rings. The van der Waals surface area contributed by atoms with E-state index < -0.39 is 20.5 Å². The van der Waals surface area contributed by atoms with Gasteiger partial charge < -0.3 is 0 Å². The van der Waals surface area contributed by atoms with Crippen molar-refractivity contribution in [2.75, 3.05) is 0 Å². The predicted molar refractivity (Wildman–Crippen MR) is 68.6 cm³/mol. The lowest BCUT2D eigenvalue weighted by Gasteiger charge is -2.18. The van der Waals surface area contributed by atoms with Crippen LogP contribution in [0.1, 0.15) is 30.2 Å². The highest BCUT2D eigenvalue weighted by atomic mass is 35.7. The van der Waals surface area contributed by atoms with Gasteiger partial charge in [0.25, 0.3) is 0 Å². The van der Waals surface area contributed by atoms with Crippen molar-refractivity contribution in [1.82, 2.24) is 0 Å². The van der Waals surface area contributed by atoms with E-state index in [1.165, 1.54) is 12.1 Å². The molecule has 7 heteroatoms. The monoisotopic (exact) mass is 314 g/mol. The summed E-state index contributed by atoms with van der Waals surface area (Å²) in [6.45, 7) is 3.96. The summed E-state index contributed by atoms with van der Waals surface area (Å²) in [6, 6.07) is 5.32. The molecule has 0 fully saturated rings. The standard InChI is InChI=1S/C12H14ClF3O2S/c1-8(2)7-9-3-5-10(6-4-9)11(12(14,15)16)19(13,17)18/h3-6,8,11H,7H2,1-2H3. The molecular weight excluding hydrogens is 301 g/mol. The first-order valence-corrected chi connectivity index (χ1v) is 7.98. The van der Waals surface area contributed by atoms with Crippen LogP contribution in [0.3, 0.4) is 0 Å². The molecule has 0 aromatic heterocycles. The quantitative estimate of drug-likeness (QED) is 0.785. The molecular formula is C12H14ClF3O2S. The van der Waals surface area contributed by atoms with Gasteiger partial charge in [-0.15, -0.1) is 0 Å². The van der Waals surface area contributed by atoms with Crippen molar-refractivity contribution in [3.05, 3.63) is 35.4 Å². The summed E-state index contributed by atoms with van der Waals surface area (Å²) in [7, 11) is 0.130. The zero-order valence-electron chi connectivity index (χ0n) is 10.4. The molecule has 0 radical (unpaired) electrons. The molecule has 108 valence electrons. The van der Waals surface area contributed by atoms with Crippen molar-refractivity contribution in [2.45, 2.75) is 31.7 Å². The van der Waals surface area contributed by atoms with Gasteiger partial charge in [0.1, 0.15) is 0 Å². The Balaban J connectivity index is 3.13. The highest BCUT2D eigenvalue weighted by Crippen LogP contribution is 2.40. The van der Waals surface area contributed by atoms with Crippen LogP contribution in [0, 0.1) is 5.92 Å². The molecule has 0 amide bonds. The Morgan fingerprint density at radius 1 is 1.16 bits per heavy atom. The first-order chi connectivity index (χ1) is 8.51. The first-order valence-electron chi connectivity index (χ1n) is 5.61. The Bertz CT molecular complexity index is 521. The third-order valence-electron chi connectivity index (χ3n) is 2.51. The average molecular weight is 315 g/mol. The van der Waals surface area contributed by atoms with Crippen LogP contribution in [0.5, 0.6) is 0 Å². The average Bonchev–Trinajstić information content (AvgIpc) is 2.15. The van der Waals surface area contributed by atoms with Gasteiger partial charge >= 0.3 is 6.18 Å². The van der Waals surface area contributed by atoms with Crippen LogP contribution in [0.25, 0.3) is 0 Å². The lowest BCUT2D eigenvalue weighted by Crippen LogP contribution is -2.25. The van der Waals surface area contributed by atoms with E-state index in [9.17, 15) is 21.6 Å². The molecule has 0 aliphatic rings. The Morgan fingerprint density at radius 3 is 1.95 bits per heavy atom. The van der Waals surface area contributed by atoms with Crippen molar-refractivity contribution in [2.24, 2.45) is 5.92 Å². The maximum atomic E-state index is 12.7. The van der Waals surface area contributed by atoms with Crippen molar-refractivity contribution in [1.29, 1.82) is 0 Å². The maximum absolute atomic E-state index is 12.7. The van der Waals surface area contributed by atoms with Gasteiger partial charge in [-0.2, -0.15) is 13.2 Å². The van der Waals surface area contributed by atoms with Crippen molar-refractivity contribution < 1.29 is 21.6 Å². The van der Waals surface area contributed by atoms with E-state index in [2.05, 4.69) is 0 Å². The molecule has 0 spiro atoms. The Labute approximate surface area is 115 Å². The number of rotatable bonds is 4. The van der Waals surface area contributed by atoms with Gasteiger partial charge in [-0.25, -0.2) is 8.42 Å². The molecule has 0 aliphatic carbocycles. The predicted octanol–water partition coefficient (Wildman–Crippen LogP) is 4.06. The van der Waals surface area contributed by atoms with Gasteiger partial charge in [0.15, 0.2) is 5.25 Å². The van der Waals surface area contributed by atoms with Gasteiger partial charge in [-0.05, 0) is 23.5 Å². The summed E-state index contributed by atoms with van der Waals surface area (Å²) in [5.74, 6) is 0.362. The van der Waals surface area contributed by atoms with Gasteiger partial charge in [0, 0.05) is 10.7 Å². The second-order valence-corrected chi connectivity index (χ2v) is 7.45. The van der Waals surface area contributed by atoms with E-state index in [1.807, 2.05) is 13.8 Å². The fraction of sp³-hybridized carbons (Fsp3) is 0.500. The Morgan fingerprint density at radius 2 is 1.63 bits per heavy atom. The molecule has 0 aliphatic heterocycles. The van der Waals surface area contributed by atoms with Gasteiger partial charge in [-0.3, -0.25) is 0 Å². The minimum atomic E-state index is -4.93. The van der Waals surface area contributed by atoms with E-state index in [4.69, 9.17) is 10.7 Å². The topological polar surface area (TPSA) is 34.1 Å². The second-order valence-electron chi connectivity index (χ2n) is 4.74. The zero-order chi connectivity index (χ0) is 14.8. The second kappa shape index (κ2) is 5.71. The summed E-state index contributed by atoms with van der Waals surface area (Å²) in [5, 5.41) is -2.69. The van der Waals surface area contributed by atoms with Crippen LogP contribution in [0.15, 0.2) is 24.3 Å². The molecule has 1 aromatic carbocycles. The van der Waals surface area contributed by atoms with Crippen LogP contribution in [0.4, 0.5) is 13.2 Å². The van der Waals surface area contributed by atoms with Gasteiger partial charge in [0.05, 0.1) is 0 Å². The maximum Gasteiger partial charge on any atom is 0.410 e. The largest absolute Gasteiger partial charge is 0.410 e. The number of hydrogen-bond donors (Lipinski definition) is 0. The molecule has 0 N–H and O–H groups in total. The number of hydrogen-bond acceptors (Lipinski definition) is 2. The lowest BCUT2D eigenvalue weighted by atomic mass is 10.0. The van der Waals surface area contributed by atoms with E-state index in [1.54, 1.807) is 0 Å². The molecule has 1 atom stereocenters. The molecule has 1 rings (SSSR count). The Hall–Kier alpha value is -0.750. The smallest absolute Gasteiger partial charge is 0.211 e. The fourth-order valence-corrected chi connectivity index (χ4v) is 3.22. The summed E-state index contributed by atoms with van der Waals surface area (Å²) in [4.78, 5) is 0. The number of halogens is 4. The van der Waals surface area contributed by atoms with Crippen molar-refractivity contribution >= 4 is 19.7 Å². The van der Waals surface area contributed by atoms with Crippen LogP contribution in [0.2, 0.25) is 0 Å². The van der Waals surface area contributed by atoms with Crippen molar-refractivity contribution in [3.8, 4) is 0 Å². The minimum Gasteiger partial charge on any atom is -0.211 e. The van der Waals surface area contributed by atoms with Gasteiger partial charge in [-0.1, -0.05) is 38.1 Å². The highest BCUT2D eigenvalue weighted by molar-refractivity contribution is 8.14. The minimum absolute atomic E-state index is 0.362. The lowest BCUT2D eigenvalue weighted by molar-refractivity contribution is -0.131. The SMILES string of the molecule is CC(C)Cc1ccc(C(C(F)(F)F)S(=O)(=O)Cl)cc1. The number of alkyl halides is 3. The molecule has 0 heterocycles. The summed E-state index contributed by atoms with van der Waals surface area (Å²) >= 11 is 0. The molecule has 0 saturated carbocycles. The normalized spacial score (nSPS) is 14.7. The first kappa shape index (κ1) is 16.3. The van der Waals surface area contributed by atoms with Crippen molar-refractivity contribution in [3.63, 3.8) is 0 Å². The highest BCUT2D eigenvalue weighted by Gasteiger charge is 2.49. The van der Waals surface area contributed by atoms with E-state index in [0.717, 1.165) is 17.7 Å². The third kappa shape index (κ3) is 4.69. The van der Waals surface area contributed by atoms with Crippen LogP contribution in [-0.4, -0.2) is 14.6 Å². The molecule has 1 unspecified atom stereocenters. The van der Waals surface area contributed by atoms with E-state index in [-0.39, 0.29) is 5.56 Å². The Kier molecular flexibility index (Phi) is 4.90. The summed E-state index contributed by atoms with van der Waals surface area (Å²) in [6.07, 6.45) is -4.22. The molecule has 0 bridgehead atoms. The van der Waals surface area contributed by atoms with Crippen LogP contribution >= 0.6 is 10.7 Å². The van der Waals surface area contributed by atoms with Gasteiger partial charge in [0.2, 0.25) is 9.05 Å². The molecule has 0 saturated heterocycles. The van der Waals surface area contributed by atoms with Crippen LogP contribution in [-0.2, 0) is 15.5 Å². The van der Waals surface area contributed by atoms with E-state index in [0.29, 0.717) is 12.3 Å². The molecule has 19 heavy (non-hydrogen) atoms. The molecule has 2 nitrogen and oxygen atoms in total. The van der Waals surface area contributed by atoms with Crippen LogP contribution < -0.4 is 0 Å². The zero-order valence-corrected chi connectivity index (χ0v) is 12.0. The fourth-order valence-electron chi connectivity index (χ4n) is 1.81.